The maximum atomic E-state index is 5.25. The second kappa shape index (κ2) is 4.05. The zero-order chi connectivity index (χ0) is 11.8. The molecule has 3 rings (SSSR count). The summed E-state index contributed by atoms with van der Waals surface area (Å²) in [6.45, 7) is 0. The van der Waals surface area contributed by atoms with Gasteiger partial charge < -0.3 is 4.42 Å². The van der Waals surface area contributed by atoms with Crippen molar-refractivity contribution in [3.63, 3.8) is 0 Å². The van der Waals surface area contributed by atoms with Crippen LogP contribution in [-0.2, 0) is 0 Å². The third-order valence-corrected chi connectivity index (χ3v) is 3.00. The first kappa shape index (κ1) is 10.6. The van der Waals surface area contributed by atoms with Crippen LogP contribution in [0.1, 0.15) is 0 Å². The zero-order valence-electron chi connectivity index (χ0n) is 8.48. The summed E-state index contributed by atoms with van der Waals surface area (Å²) in [4.78, 5) is 4.60. The van der Waals surface area contributed by atoms with Crippen LogP contribution in [0.4, 0.5) is 0 Å². The molecule has 0 saturated heterocycles. The number of benzene rings is 1. The Morgan fingerprint density at radius 1 is 1.29 bits per heavy atom. The van der Waals surface area contributed by atoms with Gasteiger partial charge in [-0.15, -0.1) is 5.10 Å². The van der Waals surface area contributed by atoms with Crippen LogP contribution in [0.25, 0.3) is 22.4 Å². The molecule has 0 aliphatic rings. The van der Waals surface area contributed by atoms with Gasteiger partial charge >= 0.3 is 0 Å². The lowest BCUT2D eigenvalue weighted by molar-refractivity contribution is 0.552. The molecule has 0 fully saturated rings. The van der Waals surface area contributed by atoms with Crippen LogP contribution in [0, 0.1) is 4.84 Å². The zero-order valence-corrected chi connectivity index (χ0v) is 10.9. The van der Waals surface area contributed by atoms with E-state index in [0.717, 1.165) is 20.9 Å². The van der Waals surface area contributed by atoms with E-state index in [1.165, 1.54) is 0 Å². The largest absolute Gasteiger partial charge is 0.409 e. The number of nitrogens with one attached hydrogen (secondary N) is 1. The van der Waals surface area contributed by atoms with Gasteiger partial charge in [-0.2, -0.15) is 0 Å². The molecule has 2 aromatic heterocycles. The van der Waals surface area contributed by atoms with Crippen LogP contribution in [0.5, 0.6) is 0 Å². The fraction of sp³-hybridized carbons (Fsp3) is 0. The molecule has 2 heterocycles. The van der Waals surface area contributed by atoms with E-state index in [4.69, 9.17) is 16.6 Å². The van der Waals surface area contributed by atoms with Crippen molar-refractivity contribution in [2.24, 2.45) is 0 Å². The van der Waals surface area contributed by atoms with Crippen LogP contribution >= 0.6 is 28.1 Å². The monoisotopic (exact) mass is 307 g/mol. The first-order valence-corrected chi connectivity index (χ1v) is 6.04. The highest BCUT2D eigenvalue weighted by Crippen LogP contribution is 2.23. The predicted molar refractivity (Wildman–Crippen MR) is 70.1 cm³/mol. The highest BCUT2D eigenvalue weighted by atomic mass is 79.9. The first-order valence-electron chi connectivity index (χ1n) is 4.83. The summed E-state index contributed by atoms with van der Waals surface area (Å²) in [6, 6.07) is 7.85. The Morgan fingerprint density at radius 2 is 2.18 bits per heavy atom. The number of pyridine rings is 1. The van der Waals surface area contributed by atoms with Gasteiger partial charge in [0.05, 0.1) is 11.1 Å². The van der Waals surface area contributed by atoms with Crippen molar-refractivity contribution < 1.29 is 4.42 Å². The summed E-state index contributed by atoms with van der Waals surface area (Å²) in [5.74, 6) is 0.448. The molecule has 0 unspecified atom stereocenters. The normalized spacial score (nSPS) is 10.9. The van der Waals surface area contributed by atoms with E-state index in [2.05, 4.69) is 31.1 Å². The van der Waals surface area contributed by atoms with Crippen LogP contribution < -0.4 is 0 Å². The molecule has 0 aliphatic heterocycles. The molecule has 0 bridgehead atoms. The van der Waals surface area contributed by atoms with Crippen molar-refractivity contribution in [1.29, 1.82) is 0 Å². The summed E-state index contributed by atoms with van der Waals surface area (Å²) in [5.41, 5.74) is 1.72. The molecule has 0 amide bonds. The van der Waals surface area contributed by atoms with Crippen LogP contribution in [0.2, 0.25) is 0 Å². The van der Waals surface area contributed by atoms with Crippen molar-refractivity contribution in [2.45, 2.75) is 0 Å². The molecule has 6 heteroatoms. The molecule has 17 heavy (non-hydrogen) atoms. The van der Waals surface area contributed by atoms with E-state index in [0.29, 0.717) is 5.89 Å². The molecule has 0 radical (unpaired) electrons. The molecule has 0 atom stereocenters. The molecule has 4 nitrogen and oxygen atoms in total. The number of halogens is 1. The van der Waals surface area contributed by atoms with E-state index in [-0.39, 0.29) is 4.84 Å². The van der Waals surface area contributed by atoms with Gasteiger partial charge in [-0.05, 0) is 36.5 Å². The van der Waals surface area contributed by atoms with Gasteiger partial charge in [0, 0.05) is 16.1 Å². The van der Waals surface area contributed by atoms with Gasteiger partial charge in [0.15, 0.2) is 0 Å². The minimum Gasteiger partial charge on any atom is -0.409 e. The lowest BCUT2D eigenvalue weighted by atomic mass is 10.1. The standard InChI is InChI=1S/C11H6BrN3OS/c12-8-1-2-9-6(4-8)3-7(5-13-9)10-14-15-11(17)16-10/h1-5H,(H,15,17). The number of fused-ring (bicyclic) bond motifs is 1. The Labute approximate surface area is 110 Å². The molecule has 3 aromatic rings. The molecule has 84 valence electrons. The number of aromatic amines is 1. The molecule has 0 spiro atoms. The highest BCUT2D eigenvalue weighted by Gasteiger charge is 2.06. The minimum absolute atomic E-state index is 0.259. The summed E-state index contributed by atoms with van der Waals surface area (Å²) in [5, 5.41) is 7.57. The van der Waals surface area contributed by atoms with E-state index in [1.54, 1.807) is 6.20 Å². The fourth-order valence-corrected chi connectivity index (χ4v) is 2.08. The predicted octanol–water partition coefficient (Wildman–Crippen LogP) is 3.71. The van der Waals surface area contributed by atoms with Crippen molar-refractivity contribution in [3.05, 3.63) is 39.8 Å². The lowest BCUT2D eigenvalue weighted by Gasteiger charge is -1.99. The van der Waals surface area contributed by atoms with Crippen molar-refractivity contribution >= 4 is 39.1 Å². The van der Waals surface area contributed by atoms with Gasteiger partial charge in [0.25, 0.3) is 4.84 Å². The number of rotatable bonds is 1. The quantitative estimate of drug-likeness (QED) is 0.696. The van der Waals surface area contributed by atoms with Crippen molar-refractivity contribution in [2.75, 3.05) is 0 Å². The van der Waals surface area contributed by atoms with Crippen LogP contribution in [-0.4, -0.2) is 15.2 Å². The van der Waals surface area contributed by atoms with E-state index >= 15 is 0 Å². The average molecular weight is 308 g/mol. The first-order chi connectivity index (χ1) is 8.22. The smallest absolute Gasteiger partial charge is 0.284 e. The maximum Gasteiger partial charge on any atom is 0.284 e. The van der Waals surface area contributed by atoms with Crippen LogP contribution in [0.15, 0.2) is 39.4 Å². The number of hydrogen-bond acceptors (Lipinski definition) is 4. The number of hydrogen-bond donors (Lipinski definition) is 1. The molecular formula is C11H6BrN3OS. The average Bonchev–Trinajstić information content (AvgIpc) is 2.75. The molecular weight excluding hydrogens is 302 g/mol. The van der Waals surface area contributed by atoms with Gasteiger partial charge in [0.2, 0.25) is 5.89 Å². The van der Waals surface area contributed by atoms with Gasteiger partial charge in [-0.25, -0.2) is 5.10 Å². The second-order valence-corrected chi connectivity index (χ2v) is 4.77. The minimum atomic E-state index is 0.259. The number of H-pyrrole nitrogens is 1. The van der Waals surface area contributed by atoms with Gasteiger partial charge in [0.1, 0.15) is 0 Å². The Balaban J connectivity index is 2.22. The third-order valence-electron chi connectivity index (χ3n) is 2.33. The molecule has 1 aromatic carbocycles. The Bertz CT molecular complexity index is 750. The Hall–Kier alpha value is -1.53. The number of nitrogens with zero attached hydrogens (tertiary/aromatic N) is 2. The van der Waals surface area contributed by atoms with E-state index in [9.17, 15) is 0 Å². The van der Waals surface area contributed by atoms with E-state index in [1.807, 2.05) is 24.3 Å². The second-order valence-electron chi connectivity index (χ2n) is 3.48. The highest BCUT2D eigenvalue weighted by molar-refractivity contribution is 9.10. The summed E-state index contributed by atoms with van der Waals surface area (Å²) >= 11 is 8.26. The van der Waals surface area contributed by atoms with Gasteiger partial charge in [-0.1, -0.05) is 15.9 Å². The van der Waals surface area contributed by atoms with E-state index < -0.39 is 0 Å². The maximum absolute atomic E-state index is 5.25. The molecule has 1 N–H and O–H groups in total. The molecule has 0 aliphatic carbocycles. The topological polar surface area (TPSA) is 54.7 Å². The SMILES string of the molecule is S=c1[nH]nc(-c2cnc3ccc(Br)cc3c2)o1. The summed E-state index contributed by atoms with van der Waals surface area (Å²) < 4.78 is 6.25. The summed E-state index contributed by atoms with van der Waals surface area (Å²) in [7, 11) is 0. The Kier molecular flexibility index (Phi) is 2.53. The van der Waals surface area contributed by atoms with Crippen molar-refractivity contribution in [3.8, 4) is 11.5 Å². The van der Waals surface area contributed by atoms with Gasteiger partial charge in [-0.3, -0.25) is 4.98 Å². The Morgan fingerprint density at radius 3 is 2.94 bits per heavy atom. The van der Waals surface area contributed by atoms with Crippen molar-refractivity contribution in [1.82, 2.24) is 15.2 Å². The fourth-order valence-electron chi connectivity index (χ4n) is 1.57. The number of aromatic nitrogens is 3. The lowest BCUT2D eigenvalue weighted by Crippen LogP contribution is -1.83. The summed E-state index contributed by atoms with van der Waals surface area (Å²) in [6.07, 6.45) is 1.71. The van der Waals surface area contributed by atoms with Crippen LogP contribution in [0.3, 0.4) is 0 Å². The molecule has 0 saturated carbocycles. The third kappa shape index (κ3) is 2.01.